The minimum atomic E-state index is -4.52. The van der Waals surface area contributed by atoms with E-state index in [0.717, 1.165) is 0 Å². The molecule has 0 atom stereocenters. The average molecular weight is 333 g/mol. The van der Waals surface area contributed by atoms with Crippen molar-refractivity contribution in [2.75, 3.05) is 0 Å². The Morgan fingerprint density at radius 3 is 2.28 bits per heavy atom. The number of alkyl halides is 3. The van der Waals surface area contributed by atoms with Crippen molar-refractivity contribution in [2.45, 2.75) is 6.18 Å². The van der Waals surface area contributed by atoms with Crippen LogP contribution in [0.2, 0.25) is 15.1 Å². The molecule has 0 radical (unpaired) electrons. The normalized spacial score (nSPS) is 11.9. The standard InChI is InChI=1S/C10H3Cl3F3NS/c11-4-1-2-5(6(12)3-4)8-7(13)9(18-17-8)10(14,15)16/h1-3H. The molecule has 8 heteroatoms. The van der Waals surface area contributed by atoms with Gasteiger partial charge in [0.25, 0.3) is 0 Å². The van der Waals surface area contributed by atoms with Crippen molar-refractivity contribution >= 4 is 46.3 Å². The summed E-state index contributed by atoms with van der Waals surface area (Å²) in [7, 11) is 0. The summed E-state index contributed by atoms with van der Waals surface area (Å²) in [6.07, 6.45) is -4.52. The third-order valence-corrected chi connectivity index (χ3v) is 4.00. The zero-order chi connectivity index (χ0) is 13.5. The third-order valence-electron chi connectivity index (χ3n) is 2.08. The summed E-state index contributed by atoms with van der Waals surface area (Å²) in [4.78, 5) is -0.940. The lowest BCUT2D eigenvalue weighted by molar-refractivity contribution is -0.134. The van der Waals surface area contributed by atoms with E-state index in [1.54, 1.807) is 0 Å². The summed E-state index contributed by atoms with van der Waals surface area (Å²) in [6, 6.07) is 4.40. The Balaban J connectivity index is 2.56. The van der Waals surface area contributed by atoms with Crippen LogP contribution in [0.25, 0.3) is 11.3 Å². The van der Waals surface area contributed by atoms with E-state index in [9.17, 15) is 13.2 Å². The molecule has 0 saturated heterocycles. The van der Waals surface area contributed by atoms with Gasteiger partial charge in [-0.2, -0.15) is 17.5 Å². The highest BCUT2D eigenvalue weighted by Gasteiger charge is 2.37. The summed E-state index contributed by atoms with van der Waals surface area (Å²) in [5, 5.41) is 0.131. The second kappa shape index (κ2) is 4.89. The molecule has 0 saturated carbocycles. The Morgan fingerprint density at radius 2 is 1.78 bits per heavy atom. The quantitative estimate of drug-likeness (QED) is 0.644. The zero-order valence-corrected chi connectivity index (χ0v) is 11.4. The largest absolute Gasteiger partial charge is 0.428 e. The van der Waals surface area contributed by atoms with Crippen LogP contribution in [0.5, 0.6) is 0 Å². The molecule has 2 rings (SSSR count). The fourth-order valence-electron chi connectivity index (χ4n) is 1.30. The van der Waals surface area contributed by atoms with Gasteiger partial charge in [0.2, 0.25) is 0 Å². The average Bonchev–Trinajstić information content (AvgIpc) is 2.60. The lowest BCUT2D eigenvalue weighted by Gasteiger charge is -2.04. The van der Waals surface area contributed by atoms with Crippen LogP contribution in [-0.4, -0.2) is 4.37 Å². The Labute approximate surface area is 119 Å². The van der Waals surface area contributed by atoms with Gasteiger partial charge in [-0.1, -0.05) is 34.8 Å². The molecule has 0 spiro atoms. The molecule has 1 aromatic carbocycles. The number of nitrogens with zero attached hydrogens (tertiary/aromatic N) is 1. The van der Waals surface area contributed by atoms with Gasteiger partial charge < -0.3 is 0 Å². The summed E-state index contributed by atoms with van der Waals surface area (Å²) in [6.45, 7) is 0. The monoisotopic (exact) mass is 331 g/mol. The van der Waals surface area contributed by atoms with E-state index >= 15 is 0 Å². The highest BCUT2D eigenvalue weighted by Crippen LogP contribution is 2.44. The topological polar surface area (TPSA) is 12.9 Å². The Bertz CT molecular complexity index is 595. The first kappa shape index (κ1) is 13.9. The van der Waals surface area contributed by atoms with Crippen molar-refractivity contribution < 1.29 is 13.2 Å². The first-order valence-electron chi connectivity index (χ1n) is 4.48. The van der Waals surface area contributed by atoms with Crippen molar-refractivity contribution in [3.8, 4) is 11.3 Å². The number of halogens is 6. The van der Waals surface area contributed by atoms with Gasteiger partial charge >= 0.3 is 6.18 Å². The van der Waals surface area contributed by atoms with E-state index < -0.39 is 16.1 Å². The van der Waals surface area contributed by atoms with Crippen LogP contribution >= 0.6 is 46.3 Å². The predicted octanol–water partition coefficient (Wildman–Crippen LogP) is 5.79. The maximum atomic E-state index is 12.6. The van der Waals surface area contributed by atoms with Gasteiger partial charge in [-0.3, -0.25) is 0 Å². The summed E-state index contributed by atoms with van der Waals surface area (Å²) in [5.41, 5.74) is 0.327. The molecule has 0 N–H and O–H groups in total. The SMILES string of the molecule is FC(F)(F)c1snc(-c2ccc(Cl)cc2Cl)c1Cl. The van der Waals surface area contributed by atoms with E-state index in [4.69, 9.17) is 34.8 Å². The second-order valence-electron chi connectivity index (χ2n) is 3.30. The van der Waals surface area contributed by atoms with Gasteiger partial charge in [0.05, 0.1) is 10.0 Å². The Hall–Kier alpha value is -0.490. The van der Waals surface area contributed by atoms with Crippen LogP contribution in [0.4, 0.5) is 13.2 Å². The molecule has 18 heavy (non-hydrogen) atoms. The van der Waals surface area contributed by atoms with Crippen LogP contribution in [0.3, 0.4) is 0 Å². The van der Waals surface area contributed by atoms with Crippen LogP contribution in [0, 0.1) is 0 Å². The second-order valence-corrected chi connectivity index (χ2v) is 5.29. The van der Waals surface area contributed by atoms with E-state index in [1.165, 1.54) is 18.2 Å². The van der Waals surface area contributed by atoms with Crippen LogP contribution in [0.15, 0.2) is 18.2 Å². The third kappa shape index (κ3) is 2.59. The number of hydrogen-bond donors (Lipinski definition) is 0. The number of aromatic nitrogens is 1. The molecular formula is C10H3Cl3F3NS. The molecular weight excluding hydrogens is 330 g/mol. The van der Waals surface area contributed by atoms with Gasteiger partial charge in [0.1, 0.15) is 10.6 Å². The van der Waals surface area contributed by atoms with Crippen molar-refractivity contribution in [3.05, 3.63) is 38.1 Å². The molecule has 2 aromatic rings. The fraction of sp³-hybridized carbons (Fsp3) is 0.100. The van der Waals surface area contributed by atoms with E-state index in [1.807, 2.05) is 0 Å². The van der Waals surface area contributed by atoms with Crippen LogP contribution < -0.4 is 0 Å². The van der Waals surface area contributed by atoms with Gasteiger partial charge in [-0.05, 0) is 29.7 Å². The van der Waals surface area contributed by atoms with Gasteiger partial charge in [0, 0.05) is 10.6 Å². The maximum absolute atomic E-state index is 12.6. The number of rotatable bonds is 1. The molecule has 0 bridgehead atoms. The Morgan fingerprint density at radius 1 is 1.11 bits per heavy atom. The van der Waals surface area contributed by atoms with Crippen molar-refractivity contribution in [1.29, 1.82) is 0 Å². The number of benzene rings is 1. The van der Waals surface area contributed by atoms with Crippen LogP contribution in [0.1, 0.15) is 4.88 Å². The molecule has 0 aliphatic carbocycles. The minimum absolute atomic E-state index is 0.00987. The summed E-state index contributed by atoms with van der Waals surface area (Å²) in [5.74, 6) is 0. The lowest BCUT2D eigenvalue weighted by Crippen LogP contribution is -2.02. The minimum Gasteiger partial charge on any atom is -0.190 e. The van der Waals surface area contributed by atoms with Gasteiger partial charge in [-0.25, -0.2) is 0 Å². The summed E-state index contributed by atoms with van der Waals surface area (Å²) >= 11 is 17.6. The smallest absolute Gasteiger partial charge is 0.190 e. The zero-order valence-electron chi connectivity index (χ0n) is 8.36. The first-order valence-corrected chi connectivity index (χ1v) is 6.39. The molecule has 96 valence electrons. The number of hydrogen-bond acceptors (Lipinski definition) is 2. The molecule has 0 aliphatic heterocycles. The molecule has 0 unspecified atom stereocenters. The molecule has 0 fully saturated rings. The van der Waals surface area contributed by atoms with E-state index in [-0.39, 0.29) is 10.7 Å². The van der Waals surface area contributed by atoms with E-state index in [0.29, 0.717) is 22.1 Å². The lowest BCUT2D eigenvalue weighted by atomic mass is 10.1. The molecule has 1 heterocycles. The van der Waals surface area contributed by atoms with Gasteiger partial charge in [-0.15, -0.1) is 0 Å². The fourth-order valence-corrected chi connectivity index (χ4v) is 2.86. The highest BCUT2D eigenvalue weighted by molar-refractivity contribution is 7.07. The van der Waals surface area contributed by atoms with Crippen LogP contribution in [-0.2, 0) is 6.18 Å². The summed E-state index contributed by atoms with van der Waals surface area (Å²) < 4.78 is 41.4. The van der Waals surface area contributed by atoms with Crippen molar-refractivity contribution in [2.24, 2.45) is 0 Å². The Kier molecular flexibility index (Phi) is 3.78. The highest BCUT2D eigenvalue weighted by atomic mass is 35.5. The van der Waals surface area contributed by atoms with Crippen molar-refractivity contribution in [1.82, 2.24) is 4.37 Å². The molecule has 0 amide bonds. The molecule has 1 nitrogen and oxygen atoms in total. The molecule has 1 aromatic heterocycles. The van der Waals surface area contributed by atoms with Crippen molar-refractivity contribution in [3.63, 3.8) is 0 Å². The molecule has 0 aliphatic rings. The van der Waals surface area contributed by atoms with E-state index in [2.05, 4.69) is 4.37 Å². The maximum Gasteiger partial charge on any atom is 0.428 e. The van der Waals surface area contributed by atoms with Gasteiger partial charge in [0.15, 0.2) is 0 Å². The predicted molar refractivity (Wildman–Crippen MR) is 67.6 cm³/mol. The first-order chi connectivity index (χ1) is 8.30.